The Labute approximate surface area is 178 Å². The fraction of sp³-hybridized carbons (Fsp3) is 0.130. The average Bonchev–Trinajstić information content (AvgIpc) is 3.51. The predicted molar refractivity (Wildman–Crippen MR) is 115 cm³/mol. The van der Waals surface area contributed by atoms with Crippen molar-refractivity contribution in [3.8, 4) is 5.69 Å². The fourth-order valence-electron chi connectivity index (χ4n) is 3.94. The third kappa shape index (κ3) is 3.37. The second-order valence-corrected chi connectivity index (χ2v) is 7.50. The number of nitrogens with zero attached hydrogens (tertiary/aromatic N) is 3. The summed E-state index contributed by atoms with van der Waals surface area (Å²) >= 11 is 5.71. The number of thiocarbonyl (C=S) groups is 1. The van der Waals surface area contributed by atoms with Crippen molar-refractivity contribution in [1.29, 1.82) is 0 Å². The van der Waals surface area contributed by atoms with Crippen LogP contribution < -0.4 is 5.32 Å². The van der Waals surface area contributed by atoms with Crippen molar-refractivity contribution in [2.45, 2.75) is 18.6 Å². The quantitative estimate of drug-likeness (QED) is 0.473. The van der Waals surface area contributed by atoms with E-state index in [4.69, 9.17) is 16.6 Å². The van der Waals surface area contributed by atoms with Crippen molar-refractivity contribution in [3.63, 3.8) is 0 Å². The molecule has 3 aromatic heterocycles. The highest BCUT2D eigenvalue weighted by molar-refractivity contribution is 7.80. The molecule has 0 amide bonds. The molecule has 30 heavy (non-hydrogen) atoms. The Hall–Kier alpha value is -3.45. The summed E-state index contributed by atoms with van der Waals surface area (Å²) in [5.74, 6) is 0.563. The van der Waals surface area contributed by atoms with Gasteiger partial charge in [0.1, 0.15) is 11.6 Å². The summed E-state index contributed by atoms with van der Waals surface area (Å²) in [5.41, 5.74) is 2.81. The van der Waals surface area contributed by atoms with Crippen LogP contribution in [0.1, 0.15) is 29.2 Å². The van der Waals surface area contributed by atoms with Crippen molar-refractivity contribution in [3.05, 3.63) is 108 Å². The first-order chi connectivity index (χ1) is 14.7. The molecule has 0 radical (unpaired) electrons. The number of rotatable bonds is 5. The lowest BCUT2D eigenvalue weighted by molar-refractivity contribution is 0.280. The molecule has 1 aromatic carbocycles. The monoisotopic (exact) mass is 418 g/mol. The minimum Gasteiger partial charge on any atom is -0.467 e. The first kappa shape index (κ1) is 18.6. The third-order valence-corrected chi connectivity index (χ3v) is 5.64. The lowest BCUT2D eigenvalue weighted by Gasteiger charge is -2.28. The van der Waals surface area contributed by atoms with Gasteiger partial charge in [-0.3, -0.25) is 4.98 Å². The van der Waals surface area contributed by atoms with Gasteiger partial charge in [0.25, 0.3) is 0 Å². The molecule has 0 saturated carbocycles. The van der Waals surface area contributed by atoms with Gasteiger partial charge in [0.2, 0.25) is 0 Å². The van der Waals surface area contributed by atoms with Gasteiger partial charge >= 0.3 is 0 Å². The van der Waals surface area contributed by atoms with Crippen LogP contribution in [0.3, 0.4) is 0 Å². The molecular weight excluding hydrogens is 399 g/mol. The Kier molecular flexibility index (Phi) is 4.80. The van der Waals surface area contributed by atoms with Crippen molar-refractivity contribution < 1.29 is 8.81 Å². The number of halogens is 1. The Morgan fingerprint density at radius 1 is 1.03 bits per heavy atom. The number of hydrogen-bond donors (Lipinski definition) is 1. The summed E-state index contributed by atoms with van der Waals surface area (Å²) in [6.45, 7) is 0.529. The Balaban J connectivity index is 1.60. The minimum atomic E-state index is -0.262. The van der Waals surface area contributed by atoms with Crippen molar-refractivity contribution >= 4 is 17.3 Å². The number of pyridine rings is 1. The highest BCUT2D eigenvalue weighted by atomic mass is 32.1. The van der Waals surface area contributed by atoms with Gasteiger partial charge in [0.05, 0.1) is 30.6 Å². The molecule has 0 unspecified atom stereocenters. The topological polar surface area (TPSA) is 46.2 Å². The van der Waals surface area contributed by atoms with Crippen LogP contribution in [-0.4, -0.2) is 19.6 Å². The van der Waals surface area contributed by atoms with Crippen LogP contribution in [0.15, 0.2) is 89.8 Å². The molecule has 150 valence electrons. The zero-order valence-electron chi connectivity index (χ0n) is 16.0. The lowest BCUT2D eigenvalue weighted by Crippen LogP contribution is -2.29. The van der Waals surface area contributed by atoms with Gasteiger partial charge in [-0.25, -0.2) is 4.39 Å². The second-order valence-electron chi connectivity index (χ2n) is 7.11. The van der Waals surface area contributed by atoms with E-state index in [0.29, 0.717) is 11.7 Å². The number of aromatic nitrogens is 2. The summed E-state index contributed by atoms with van der Waals surface area (Å²) in [7, 11) is 0. The molecule has 1 aliphatic rings. The Bertz CT molecular complexity index is 1140. The highest BCUT2D eigenvalue weighted by Gasteiger charge is 2.41. The normalized spacial score (nSPS) is 18.6. The average molecular weight is 418 g/mol. The number of furan rings is 1. The number of nitrogens with one attached hydrogen (secondary N) is 1. The summed E-state index contributed by atoms with van der Waals surface area (Å²) in [4.78, 5) is 6.68. The van der Waals surface area contributed by atoms with Crippen LogP contribution in [0.5, 0.6) is 0 Å². The van der Waals surface area contributed by atoms with E-state index < -0.39 is 0 Å². The van der Waals surface area contributed by atoms with Crippen LogP contribution >= 0.6 is 12.2 Å². The maximum atomic E-state index is 13.5. The summed E-state index contributed by atoms with van der Waals surface area (Å²) in [6.07, 6.45) is 5.42. The smallest absolute Gasteiger partial charge is 0.170 e. The zero-order valence-corrected chi connectivity index (χ0v) is 16.8. The summed E-state index contributed by atoms with van der Waals surface area (Å²) in [5, 5.41) is 4.08. The molecule has 4 heterocycles. The van der Waals surface area contributed by atoms with E-state index in [-0.39, 0.29) is 17.9 Å². The highest BCUT2D eigenvalue weighted by Crippen LogP contribution is 2.40. The largest absolute Gasteiger partial charge is 0.467 e. The fourth-order valence-corrected chi connectivity index (χ4v) is 4.24. The van der Waals surface area contributed by atoms with Crippen LogP contribution in [0.2, 0.25) is 0 Å². The van der Waals surface area contributed by atoms with Crippen molar-refractivity contribution in [2.24, 2.45) is 0 Å². The van der Waals surface area contributed by atoms with Crippen molar-refractivity contribution in [1.82, 2.24) is 19.8 Å². The van der Waals surface area contributed by atoms with Gasteiger partial charge in [0.15, 0.2) is 5.11 Å². The maximum absolute atomic E-state index is 13.5. The summed E-state index contributed by atoms with van der Waals surface area (Å²) in [6, 6.07) is 19.9. The molecule has 5 nitrogen and oxygen atoms in total. The molecule has 1 saturated heterocycles. The van der Waals surface area contributed by atoms with E-state index in [1.165, 1.54) is 12.1 Å². The first-order valence-corrected chi connectivity index (χ1v) is 10.1. The number of hydrogen-bond acceptors (Lipinski definition) is 3. The predicted octanol–water partition coefficient (Wildman–Crippen LogP) is 4.78. The van der Waals surface area contributed by atoms with E-state index in [1.54, 1.807) is 24.6 Å². The molecule has 4 aromatic rings. The molecular formula is C23H19FN4OS. The van der Waals surface area contributed by atoms with E-state index in [2.05, 4.69) is 25.8 Å². The van der Waals surface area contributed by atoms with Gasteiger partial charge in [-0.05, 0) is 72.9 Å². The van der Waals surface area contributed by atoms with Crippen molar-refractivity contribution in [2.75, 3.05) is 0 Å². The Morgan fingerprint density at radius 3 is 2.63 bits per heavy atom. The zero-order chi connectivity index (χ0) is 20.5. The van der Waals surface area contributed by atoms with Gasteiger partial charge in [-0.2, -0.15) is 0 Å². The van der Waals surface area contributed by atoms with E-state index in [1.807, 2.05) is 42.6 Å². The van der Waals surface area contributed by atoms with Crippen LogP contribution in [-0.2, 0) is 6.54 Å². The van der Waals surface area contributed by atoms with Gasteiger partial charge in [0, 0.05) is 23.8 Å². The lowest BCUT2D eigenvalue weighted by atomic mass is 10.0. The third-order valence-electron chi connectivity index (χ3n) is 5.29. The molecule has 1 aliphatic heterocycles. The second kappa shape index (κ2) is 7.76. The van der Waals surface area contributed by atoms with Crippen LogP contribution in [0.25, 0.3) is 5.69 Å². The summed E-state index contributed by atoms with van der Waals surface area (Å²) < 4.78 is 21.1. The SMILES string of the molecule is Fc1ccc(-n2cccc2[C@@H]2[C@@H](c3ccccn3)NC(=S)N2Cc2ccco2)cc1. The van der Waals surface area contributed by atoms with E-state index in [0.717, 1.165) is 22.8 Å². The molecule has 0 aliphatic carbocycles. The molecule has 1 N–H and O–H groups in total. The molecule has 7 heteroatoms. The van der Waals surface area contributed by atoms with Gasteiger partial charge in [-0.1, -0.05) is 6.07 Å². The number of benzene rings is 1. The van der Waals surface area contributed by atoms with E-state index >= 15 is 0 Å². The Morgan fingerprint density at radius 2 is 1.90 bits per heavy atom. The molecule has 0 bridgehead atoms. The van der Waals surface area contributed by atoms with Gasteiger partial charge in [-0.15, -0.1) is 0 Å². The molecule has 5 rings (SSSR count). The maximum Gasteiger partial charge on any atom is 0.170 e. The standard InChI is InChI=1S/C23H19FN4OS/c24-16-8-10-17(11-9-16)27-13-3-7-20(27)22-21(19-6-1-2-12-25-19)26-23(30)28(22)15-18-5-4-14-29-18/h1-14,21-22H,15H2,(H,26,30)/t21-,22-/m1/s1. The molecule has 1 fully saturated rings. The first-order valence-electron chi connectivity index (χ1n) is 9.64. The van der Waals surface area contributed by atoms with E-state index in [9.17, 15) is 4.39 Å². The minimum absolute atomic E-state index is 0.127. The van der Waals surface area contributed by atoms with Gasteiger partial charge < -0.3 is 19.2 Å². The van der Waals surface area contributed by atoms with Crippen LogP contribution in [0.4, 0.5) is 4.39 Å². The molecule has 0 spiro atoms. The van der Waals surface area contributed by atoms with Crippen LogP contribution in [0, 0.1) is 5.82 Å². The molecule has 2 atom stereocenters.